The Bertz CT molecular complexity index is 1080. The summed E-state index contributed by atoms with van der Waals surface area (Å²) in [4.78, 5) is 14.8. The molecule has 0 N–H and O–H groups in total. The first-order chi connectivity index (χ1) is 15.2. The molecule has 0 aromatic heterocycles. The van der Waals surface area contributed by atoms with Crippen LogP contribution in [0.2, 0.25) is 10.0 Å². The zero-order chi connectivity index (χ0) is 23.3. The van der Waals surface area contributed by atoms with E-state index in [1.54, 1.807) is 47.4 Å². The lowest BCUT2D eigenvalue weighted by Gasteiger charge is -2.26. The number of rotatable bonds is 7. The molecule has 32 heavy (non-hydrogen) atoms. The molecule has 0 saturated carbocycles. The van der Waals surface area contributed by atoms with E-state index >= 15 is 0 Å². The number of carbonyl (C=O) groups is 1. The van der Waals surface area contributed by atoms with Crippen molar-refractivity contribution in [3.63, 3.8) is 0 Å². The van der Waals surface area contributed by atoms with E-state index in [2.05, 4.69) is 0 Å². The first-order valence-electron chi connectivity index (χ1n) is 10.3. The second-order valence-corrected chi connectivity index (χ2v) is 10.5. The Morgan fingerprint density at radius 3 is 2.34 bits per heavy atom. The summed E-state index contributed by atoms with van der Waals surface area (Å²) >= 11 is 12.1. The van der Waals surface area contributed by atoms with Crippen molar-refractivity contribution in [3.05, 3.63) is 69.7 Å². The van der Waals surface area contributed by atoms with Crippen molar-refractivity contribution in [2.75, 3.05) is 26.3 Å². The molecule has 1 aliphatic heterocycles. The number of halogens is 2. The highest BCUT2D eigenvalue weighted by molar-refractivity contribution is 7.89. The van der Waals surface area contributed by atoms with Crippen LogP contribution in [0.3, 0.4) is 0 Å². The quantitative estimate of drug-likeness (QED) is 0.530. The highest BCUT2D eigenvalue weighted by atomic mass is 35.5. The molecule has 1 saturated heterocycles. The summed E-state index contributed by atoms with van der Waals surface area (Å²) in [5.74, 6) is -0.156. The van der Waals surface area contributed by atoms with Crippen molar-refractivity contribution in [1.29, 1.82) is 0 Å². The van der Waals surface area contributed by atoms with Gasteiger partial charge in [0.2, 0.25) is 15.9 Å². The van der Waals surface area contributed by atoms with Crippen LogP contribution in [-0.2, 0) is 26.1 Å². The summed E-state index contributed by atoms with van der Waals surface area (Å²) in [5, 5.41) is 0.916. The monoisotopic (exact) mass is 496 g/mol. The predicted octanol–water partition coefficient (Wildman–Crippen LogP) is 4.46. The van der Waals surface area contributed by atoms with Crippen molar-refractivity contribution in [2.45, 2.75) is 31.3 Å². The van der Waals surface area contributed by atoms with Gasteiger partial charge in [0, 0.05) is 31.8 Å². The molecular formula is C23H26Cl2N2O4S. The lowest BCUT2D eigenvalue weighted by atomic mass is 10.1. The van der Waals surface area contributed by atoms with Gasteiger partial charge >= 0.3 is 0 Å². The second kappa shape index (κ2) is 10.8. The minimum Gasteiger partial charge on any atom is -0.379 e. The van der Waals surface area contributed by atoms with Crippen molar-refractivity contribution in [2.24, 2.45) is 0 Å². The number of ether oxygens (including phenoxy) is 1. The molecule has 9 heteroatoms. The molecule has 0 atom stereocenters. The summed E-state index contributed by atoms with van der Waals surface area (Å²) in [5.41, 5.74) is 1.62. The first-order valence-corrected chi connectivity index (χ1v) is 12.5. The summed E-state index contributed by atoms with van der Waals surface area (Å²) in [6.45, 7) is 5.77. The lowest BCUT2D eigenvalue weighted by Crippen LogP contribution is -2.40. The minimum atomic E-state index is -3.54. The molecule has 1 fully saturated rings. The Morgan fingerprint density at radius 1 is 1.09 bits per heavy atom. The molecule has 0 bridgehead atoms. The second-order valence-electron chi connectivity index (χ2n) is 7.73. The fraction of sp³-hybridized carbons (Fsp3) is 0.348. The van der Waals surface area contributed by atoms with Gasteiger partial charge in [0.05, 0.1) is 28.2 Å². The number of benzene rings is 2. The molecule has 0 aliphatic carbocycles. The Labute approximate surface area is 199 Å². The van der Waals surface area contributed by atoms with Crippen LogP contribution in [0.5, 0.6) is 0 Å². The zero-order valence-electron chi connectivity index (χ0n) is 18.0. The van der Waals surface area contributed by atoms with Gasteiger partial charge in [-0.15, -0.1) is 0 Å². The van der Waals surface area contributed by atoms with Gasteiger partial charge in [-0.05, 0) is 55.3 Å². The van der Waals surface area contributed by atoms with Gasteiger partial charge in [0.15, 0.2) is 0 Å². The average Bonchev–Trinajstić information content (AvgIpc) is 2.78. The number of sulfonamides is 1. The molecule has 172 valence electrons. The van der Waals surface area contributed by atoms with E-state index in [9.17, 15) is 13.2 Å². The number of morpholine rings is 1. The van der Waals surface area contributed by atoms with E-state index in [-0.39, 0.29) is 16.8 Å². The van der Waals surface area contributed by atoms with Crippen molar-refractivity contribution >= 4 is 45.2 Å². The first kappa shape index (κ1) is 24.7. The van der Waals surface area contributed by atoms with Crippen LogP contribution in [0.25, 0.3) is 6.08 Å². The molecule has 1 amide bonds. The van der Waals surface area contributed by atoms with Gasteiger partial charge in [0.1, 0.15) is 0 Å². The normalized spacial score (nSPS) is 15.4. The number of amides is 1. The van der Waals surface area contributed by atoms with Gasteiger partial charge in [0.25, 0.3) is 0 Å². The summed E-state index contributed by atoms with van der Waals surface area (Å²) < 4.78 is 32.1. The number of nitrogens with zero attached hydrogens (tertiary/aromatic N) is 2. The maximum atomic E-state index is 12.8. The van der Waals surface area contributed by atoms with Crippen LogP contribution >= 0.6 is 23.2 Å². The lowest BCUT2D eigenvalue weighted by molar-refractivity contribution is -0.128. The molecule has 1 heterocycles. The van der Waals surface area contributed by atoms with Crippen LogP contribution in [0.15, 0.2) is 53.4 Å². The van der Waals surface area contributed by atoms with Crippen LogP contribution in [0, 0.1) is 0 Å². The standard InChI is InChI=1S/C23H26Cl2N2O4S/c1-17(2)27(16-19-5-9-21(24)22(25)15-19)23(28)10-6-18-3-7-20(8-4-18)32(29,30)26-11-13-31-14-12-26/h3-10,15,17H,11-14,16H2,1-2H3/b10-6+. The fourth-order valence-electron chi connectivity index (χ4n) is 3.30. The van der Waals surface area contributed by atoms with E-state index in [1.165, 1.54) is 10.4 Å². The summed E-state index contributed by atoms with van der Waals surface area (Å²) in [6, 6.07) is 11.8. The summed E-state index contributed by atoms with van der Waals surface area (Å²) in [6.07, 6.45) is 3.17. The van der Waals surface area contributed by atoms with Crippen LogP contribution in [0.4, 0.5) is 0 Å². The largest absolute Gasteiger partial charge is 0.379 e. The number of hydrogen-bond acceptors (Lipinski definition) is 4. The van der Waals surface area contributed by atoms with Gasteiger partial charge in [-0.3, -0.25) is 4.79 Å². The van der Waals surface area contributed by atoms with Crippen LogP contribution in [0.1, 0.15) is 25.0 Å². The van der Waals surface area contributed by atoms with E-state index in [4.69, 9.17) is 27.9 Å². The zero-order valence-corrected chi connectivity index (χ0v) is 20.3. The number of hydrogen-bond donors (Lipinski definition) is 0. The van der Waals surface area contributed by atoms with E-state index in [0.717, 1.165) is 11.1 Å². The van der Waals surface area contributed by atoms with Crippen LogP contribution in [-0.4, -0.2) is 55.9 Å². The molecule has 0 unspecified atom stereocenters. The predicted molar refractivity (Wildman–Crippen MR) is 127 cm³/mol. The maximum absolute atomic E-state index is 12.8. The third-order valence-electron chi connectivity index (χ3n) is 5.15. The van der Waals surface area contributed by atoms with Gasteiger partial charge in [-0.2, -0.15) is 4.31 Å². The Balaban J connectivity index is 1.69. The van der Waals surface area contributed by atoms with Crippen LogP contribution < -0.4 is 0 Å². The highest BCUT2D eigenvalue weighted by Crippen LogP contribution is 2.24. The van der Waals surface area contributed by atoms with Gasteiger partial charge in [-0.1, -0.05) is 41.4 Å². The molecule has 6 nitrogen and oxygen atoms in total. The molecule has 1 aliphatic rings. The smallest absolute Gasteiger partial charge is 0.247 e. The minimum absolute atomic E-state index is 0.0253. The molecule has 2 aromatic carbocycles. The summed E-state index contributed by atoms with van der Waals surface area (Å²) in [7, 11) is -3.54. The molecule has 0 radical (unpaired) electrons. The molecular weight excluding hydrogens is 471 g/mol. The Kier molecular flexibility index (Phi) is 8.36. The molecule has 0 spiro atoms. The third kappa shape index (κ3) is 6.11. The van der Waals surface area contributed by atoms with Crippen molar-refractivity contribution < 1.29 is 17.9 Å². The van der Waals surface area contributed by atoms with E-state index in [1.807, 2.05) is 19.9 Å². The van der Waals surface area contributed by atoms with Crippen molar-refractivity contribution in [3.8, 4) is 0 Å². The Hall–Kier alpha value is -1.90. The van der Waals surface area contributed by atoms with Crippen molar-refractivity contribution in [1.82, 2.24) is 9.21 Å². The topological polar surface area (TPSA) is 66.9 Å². The fourth-order valence-corrected chi connectivity index (χ4v) is 5.03. The SMILES string of the molecule is CC(C)N(Cc1ccc(Cl)c(Cl)c1)C(=O)/C=C/c1ccc(S(=O)(=O)N2CCOCC2)cc1. The van der Waals surface area contributed by atoms with Gasteiger partial charge in [-0.25, -0.2) is 8.42 Å². The van der Waals surface area contributed by atoms with E-state index in [0.29, 0.717) is 42.9 Å². The maximum Gasteiger partial charge on any atom is 0.247 e. The average molecular weight is 497 g/mol. The third-order valence-corrected chi connectivity index (χ3v) is 7.80. The molecule has 2 aromatic rings. The van der Waals surface area contributed by atoms with E-state index < -0.39 is 10.0 Å². The molecule has 3 rings (SSSR count). The number of carbonyl (C=O) groups excluding carboxylic acids is 1. The van der Waals surface area contributed by atoms with Gasteiger partial charge < -0.3 is 9.64 Å². The highest BCUT2D eigenvalue weighted by Gasteiger charge is 2.26. The Morgan fingerprint density at radius 2 is 1.75 bits per heavy atom.